The Morgan fingerprint density at radius 1 is 1.57 bits per heavy atom. The minimum Gasteiger partial charge on any atom is -0.345 e. The summed E-state index contributed by atoms with van der Waals surface area (Å²) >= 11 is 0. The lowest BCUT2D eigenvalue weighted by Gasteiger charge is -2.36. The lowest BCUT2D eigenvalue weighted by molar-refractivity contribution is -0.140. The third kappa shape index (κ3) is 2.22. The van der Waals surface area contributed by atoms with Crippen LogP contribution in [0.5, 0.6) is 0 Å². The molecule has 0 radical (unpaired) electrons. The molecule has 76 valence electrons. The van der Waals surface area contributed by atoms with E-state index in [0.29, 0.717) is 13.1 Å². The van der Waals surface area contributed by atoms with Crippen LogP contribution in [0.1, 0.15) is 13.8 Å². The van der Waals surface area contributed by atoms with E-state index in [2.05, 4.69) is 11.4 Å². The first-order valence-corrected chi connectivity index (χ1v) is 4.50. The van der Waals surface area contributed by atoms with Crippen molar-refractivity contribution in [3.63, 3.8) is 0 Å². The van der Waals surface area contributed by atoms with Crippen LogP contribution in [-0.4, -0.2) is 35.8 Å². The number of nitriles is 1. The van der Waals surface area contributed by atoms with Gasteiger partial charge in [0.05, 0.1) is 12.0 Å². The summed E-state index contributed by atoms with van der Waals surface area (Å²) in [6.45, 7) is 3.99. The van der Waals surface area contributed by atoms with Gasteiger partial charge in [0.25, 0.3) is 0 Å². The van der Waals surface area contributed by atoms with E-state index in [1.807, 2.05) is 0 Å². The molecule has 0 aliphatic carbocycles. The summed E-state index contributed by atoms with van der Waals surface area (Å²) in [4.78, 5) is 23.8. The fraction of sp³-hybridized carbons (Fsp3) is 0.667. The third-order valence-electron chi connectivity index (χ3n) is 2.17. The molecule has 5 nitrogen and oxygen atoms in total. The summed E-state index contributed by atoms with van der Waals surface area (Å²) in [5.41, 5.74) is 0. The van der Waals surface area contributed by atoms with Crippen LogP contribution in [0.3, 0.4) is 0 Å². The summed E-state index contributed by atoms with van der Waals surface area (Å²) in [6.07, 6.45) is 0. The van der Waals surface area contributed by atoms with E-state index in [1.165, 1.54) is 6.92 Å². The molecule has 1 saturated heterocycles. The summed E-state index contributed by atoms with van der Waals surface area (Å²) in [6, 6.07) is 1.59. The van der Waals surface area contributed by atoms with Gasteiger partial charge in [0, 0.05) is 20.0 Å². The zero-order valence-electron chi connectivity index (χ0n) is 8.28. The average molecular weight is 195 g/mol. The van der Waals surface area contributed by atoms with Crippen LogP contribution in [0.2, 0.25) is 0 Å². The highest BCUT2D eigenvalue weighted by Gasteiger charge is 2.32. The van der Waals surface area contributed by atoms with Crippen LogP contribution in [0.15, 0.2) is 0 Å². The van der Waals surface area contributed by atoms with Crippen molar-refractivity contribution in [3.8, 4) is 6.07 Å². The van der Waals surface area contributed by atoms with E-state index >= 15 is 0 Å². The molecule has 1 heterocycles. The molecule has 1 atom stereocenters. The Bertz CT molecular complexity index is 289. The summed E-state index contributed by atoms with van der Waals surface area (Å²) in [5.74, 6) is -0.376. The summed E-state index contributed by atoms with van der Waals surface area (Å²) in [7, 11) is 0. The Labute approximate surface area is 82.7 Å². The largest absolute Gasteiger partial charge is 0.345 e. The summed E-state index contributed by atoms with van der Waals surface area (Å²) in [5, 5.41) is 11.0. The Morgan fingerprint density at radius 3 is 2.57 bits per heavy atom. The first-order valence-electron chi connectivity index (χ1n) is 4.50. The van der Waals surface area contributed by atoms with Gasteiger partial charge in [-0.3, -0.25) is 9.59 Å². The Kier molecular flexibility index (Phi) is 3.07. The highest BCUT2D eigenvalue weighted by atomic mass is 16.2. The van der Waals surface area contributed by atoms with Gasteiger partial charge in [-0.25, -0.2) is 0 Å². The molecule has 0 aromatic rings. The maximum Gasteiger partial charge on any atom is 0.244 e. The topological polar surface area (TPSA) is 73.2 Å². The fourth-order valence-corrected chi connectivity index (χ4v) is 1.38. The van der Waals surface area contributed by atoms with Crippen molar-refractivity contribution in [2.45, 2.75) is 19.9 Å². The van der Waals surface area contributed by atoms with E-state index < -0.39 is 6.04 Å². The molecule has 0 bridgehead atoms. The number of likely N-dealkylation sites (tertiary alicyclic amines) is 1. The van der Waals surface area contributed by atoms with Crippen LogP contribution < -0.4 is 5.32 Å². The molecule has 0 aromatic carbocycles. The van der Waals surface area contributed by atoms with Crippen LogP contribution in [-0.2, 0) is 9.59 Å². The van der Waals surface area contributed by atoms with Gasteiger partial charge in [-0.15, -0.1) is 0 Å². The minimum absolute atomic E-state index is 0.0384. The van der Waals surface area contributed by atoms with Crippen molar-refractivity contribution < 1.29 is 9.59 Å². The van der Waals surface area contributed by atoms with Crippen LogP contribution in [0, 0.1) is 17.2 Å². The number of nitrogens with one attached hydrogen (secondary N) is 1. The van der Waals surface area contributed by atoms with Gasteiger partial charge in [0.1, 0.15) is 6.04 Å². The van der Waals surface area contributed by atoms with Crippen molar-refractivity contribution in [2.75, 3.05) is 13.1 Å². The lowest BCUT2D eigenvalue weighted by atomic mass is 10.0. The van der Waals surface area contributed by atoms with Crippen molar-refractivity contribution in [2.24, 2.45) is 5.92 Å². The average Bonchev–Trinajstić information content (AvgIpc) is 2.00. The number of rotatable bonds is 2. The SMILES string of the molecule is CC(=O)NC(C)C(=O)N1CC(C#N)C1. The molecule has 1 N–H and O–H groups in total. The molecule has 5 heteroatoms. The normalized spacial score (nSPS) is 17.9. The molecule has 1 aliphatic rings. The Morgan fingerprint density at radius 2 is 2.14 bits per heavy atom. The van der Waals surface area contributed by atoms with Gasteiger partial charge in [-0.05, 0) is 6.92 Å². The molecule has 1 rings (SSSR count). The first-order chi connectivity index (χ1) is 6.54. The van der Waals surface area contributed by atoms with Crippen molar-refractivity contribution in [3.05, 3.63) is 0 Å². The predicted octanol–water partition coefficient (Wildman–Crippen LogP) is -0.507. The van der Waals surface area contributed by atoms with E-state index in [-0.39, 0.29) is 17.7 Å². The third-order valence-corrected chi connectivity index (χ3v) is 2.17. The molecule has 0 saturated carbocycles. The Balaban J connectivity index is 2.36. The van der Waals surface area contributed by atoms with Gasteiger partial charge >= 0.3 is 0 Å². The predicted molar refractivity (Wildman–Crippen MR) is 49.0 cm³/mol. The van der Waals surface area contributed by atoms with Gasteiger partial charge in [-0.1, -0.05) is 0 Å². The zero-order valence-corrected chi connectivity index (χ0v) is 8.28. The monoisotopic (exact) mass is 195 g/mol. The summed E-state index contributed by atoms with van der Waals surface area (Å²) < 4.78 is 0. The van der Waals surface area contributed by atoms with Crippen LogP contribution >= 0.6 is 0 Å². The van der Waals surface area contributed by atoms with E-state index in [9.17, 15) is 9.59 Å². The highest BCUT2D eigenvalue weighted by molar-refractivity contribution is 5.87. The maximum absolute atomic E-state index is 11.5. The number of carbonyl (C=O) groups is 2. The first kappa shape index (κ1) is 10.5. The van der Waals surface area contributed by atoms with Crippen molar-refractivity contribution in [1.82, 2.24) is 10.2 Å². The molecule has 1 unspecified atom stereocenters. The highest BCUT2D eigenvalue weighted by Crippen LogP contribution is 2.15. The van der Waals surface area contributed by atoms with Gasteiger partial charge in [0.2, 0.25) is 11.8 Å². The van der Waals surface area contributed by atoms with E-state index in [4.69, 9.17) is 5.26 Å². The van der Waals surface area contributed by atoms with E-state index in [0.717, 1.165) is 0 Å². The quantitative estimate of drug-likeness (QED) is 0.645. The van der Waals surface area contributed by atoms with Crippen LogP contribution in [0.4, 0.5) is 0 Å². The smallest absolute Gasteiger partial charge is 0.244 e. The van der Waals surface area contributed by atoms with E-state index in [1.54, 1.807) is 11.8 Å². The van der Waals surface area contributed by atoms with Crippen LogP contribution in [0.25, 0.3) is 0 Å². The maximum atomic E-state index is 11.5. The standard InChI is InChI=1S/C9H13N3O2/c1-6(11-7(2)13)9(14)12-4-8(3-10)5-12/h6,8H,4-5H2,1-2H3,(H,11,13). The molecule has 1 aliphatic heterocycles. The Hall–Kier alpha value is -1.57. The van der Waals surface area contributed by atoms with Gasteiger partial charge in [0.15, 0.2) is 0 Å². The number of hydrogen-bond donors (Lipinski definition) is 1. The second kappa shape index (κ2) is 4.09. The molecule has 2 amide bonds. The lowest BCUT2D eigenvalue weighted by Crippen LogP contribution is -2.55. The fourth-order valence-electron chi connectivity index (χ4n) is 1.38. The molecular weight excluding hydrogens is 182 g/mol. The number of carbonyl (C=O) groups excluding carboxylic acids is 2. The molecular formula is C9H13N3O2. The van der Waals surface area contributed by atoms with Gasteiger partial charge < -0.3 is 10.2 Å². The van der Waals surface area contributed by atoms with Gasteiger partial charge in [-0.2, -0.15) is 5.26 Å². The number of amides is 2. The molecule has 0 spiro atoms. The zero-order chi connectivity index (χ0) is 10.7. The van der Waals surface area contributed by atoms with Crippen molar-refractivity contribution >= 4 is 11.8 Å². The molecule has 0 aromatic heterocycles. The molecule has 14 heavy (non-hydrogen) atoms. The molecule has 1 fully saturated rings. The number of hydrogen-bond acceptors (Lipinski definition) is 3. The second-order valence-corrected chi connectivity index (χ2v) is 3.49. The second-order valence-electron chi connectivity index (χ2n) is 3.49. The minimum atomic E-state index is -0.493. The number of nitrogens with zero attached hydrogens (tertiary/aromatic N) is 2. The van der Waals surface area contributed by atoms with Crippen molar-refractivity contribution in [1.29, 1.82) is 5.26 Å².